The number of nitrogens with one attached hydrogen (secondary N) is 1. The second-order valence-electron chi connectivity index (χ2n) is 4.47. The maximum absolute atomic E-state index is 12.0. The summed E-state index contributed by atoms with van der Waals surface area (Å²) in [5.74, 6) is 0.757. The van der Waals surface area contributed by atoms with Gasteiger partial charge >= 0.3 is 0 Å². The number of benzene rings is 1. The van der Waals surface area contributed by atoms with Crippen molar-refractivity contribution in [1.82, 2.24) is 4.90 Å². The van der Waals surface area contributed by atoms with Crippen LogP contribution in [0.25, 0.3) is 0 Å². The highest BCUT2D eigenvalue weighted by atomic mass is 16.5. The van der Waals surface area contributed by atoms with Crippen molar-refractivity contribution in [2.45, 2.75) is 18.9 Å². The maximum atomic E-state index is 12.0. The predicted molar refractivity (Wildman–Crippen MR) is 67.7 cm³/mol. The zero-order valence-corrected chi connectivity index (χ0v) is 10.5. The van der Waals surface area contributed by atoms with E-state index >= 15 is 0 Å². The minimum atomic E-state index is -0.0180. The SMILES string of the molecule is CNc1ccc(OC2CC2)cc1C(=O)N(C)C. The molecule has 4 nitrogen and oxygen atoms in total. The van der Waals surface area contributed by atoms with E-state index in [1.165, 1.54) is 0 Å². The van der Waals surface area contributed by atoms with Gasteiger partial charge in [0.1, 0.15) is 5.75 Å². The normalized spacial score (nSPS) is 14.3. The summed E-state index contributed by atoms with van der Waals surface area (Å²) in [6.07, 6.45) is 2.58. The van der Waals surface area contributed by atoms with Crippen molar-refractivity contribution in [2.75, 3.05) is 26.5 Å². The lowest BCUT2D eigenvalue weighted by Crippen LogP contribution is -2.22. The Morgan fingerprint density at radius 3 is 2.65 bits per heavy atom. The average Bonchev–Trinajstić information content (AvgIpc) is 3.11. The standard InChI is InChI=1S/C13H18N2O2/c1-14-12-7-6-10(17-9-4-5-9)8-11(12)13(16)15(2)3/h6-9,14H,4-5H2,1-3H3. The van der Waals surface area contributed by atoms with E-state index in [0.29, 0.717) is 11.7 Å². The number of hydrogen-bond donors (Lipinski definition) is 1. The van der Waals surface area contributed by atoms with Crippen LogP contribution in [0, 0.1) is 0 Å². The molecule has 1 saturated carbocycles. The molecule has 1 aromatic rings. The molecule has 4 heteroatoms. The van der Waals surface area contributed by atoms with Crippen LogP contribution in [-0.4, -0.2) is 38.1 Å². The average molecular weight is 234 g/mol. The molecule has 0 radical (unpaired) electrons. The second-order valence-corrected chi connectivity index (χ2v) is 4.47. The van der Waals surface area contributed by atoms with E-state index in [9.17, 15) is 4.79 Å². The molecular weight excluding hydrogens is 216 g/mol. The number of carbonyl (C=O) groups excluding carboxylic acids is 1. The fraction of sp³-hybridized carbons (Fsp3) is 0.462. The van der Waals surface area contributed by atoms with Gasteiger partial charge in [0, 0.05) is 26.8 Å². The highest BCUT2D eigenvalue weighted by molar-refractivity contribution is 5.99. The number of carbonyl (C=O) groups is 1. The summed E-state index contributed by atoms with van der Waals surface area (Å²) in [4.78, 5) is 13.6. The second kappa shape index (κ2) is 4.65. The van der Waals surface area contributed by atoms with Crippen LogP contribution in [0.5, 0.6) is 5.75 Å². The molecule has 1 aliphatic rings. The molecule has 0 atom stereocenters. The molecule has 17 heavy (non-hydrogen) atoms. The molecule has 0 saturated heterocycles. The molecule has 1 aromatic carbocycles. The van der Waals surface area contributed by atoms with Crippen molar-refractivity contribution in [3.8, 4) is 5.75 Å². The Morgan fingerprint density at radius 1 is 1.41 bits per heavy atom. The number of ether oxygens (including phenoxy) is 1. The van der Waals surface area contributed by atoms with Gasteiger partial charge in [0.15, 0.2) is 0 Å². The van der Waals surface area contributed by atoms with Gasteiger partial charge in [-0.2, -0.15) is 0 Å². The van der Waals surface area contributed by atoms with E-state index in [4.69, 9.17) is 4.74 Å². The van der Waals surface area contributed by atoms with E-state index < -0.39 is 0 Å². The summed E-state index contributed by atoms with van der Waals surface area (Å²) >= 11 is 0. The lowest BCUT2D eigenvalue weighted by molar-refractivity contribution is 0.0828. The van der Waals surface area contributed by atoms with Gasteiger partial charge in [-0.05, 0) is 31.0 Å². The number of nitrogens with zero attached hydrogens (tertiary/aromatic N) is 1. The molecule has 1 N–H and O–H groups in total. The number of hydrogen-bond acceptors (Lipinski definition) is 3. The van der Waals surface area contributed by atoms with Gasteiger partial charge in [-0.15, -0.1) is 0 Å². The van der Waals surface area contributed by atoms with E-state index in [0.717, 1.165) is 24.3 Å². The Labute approximate surface area is 102 Å². The van der Waals surface area contributed by atoms with Crippen LogP contribution >= 0.6 is 0 Å². The molecule has 2 rings (SSSR count). The summed E-state index contributed by atoms with van der Waals surface area (Å²) in [5.41, 5.74) is 1.47. The summed E-state index contributed by atoms with van der Waals surface area (Å²) in [6, 6.07) is 5.59. The third kappa shape index (κ3) is 2.70. The monoisotopic (exact) mass is 234 g/mol. The molecule has 0 heterocycles. The van der Waals surface area contributed by atoms with E-state index in [-0.39, 0.29) is 5.91 Å². The first kappa shape index (κ1) is 11.8. The van der Waals surface area contributed by atoms with Crippen molar-refractivity contribution in [3.05, 3.63) is 23.8 Å². The van der Waals surface area contributed by atoms with Crippen LogP contribution in [0.4, 0.5) is 5.69 Å². The van der Waals surface area contributed by atoms with Crippen LogP contribution in [-0.2, 0) is 0 Å². The molecule has 92 valence electrons. The molecule has 0 bridgehead atoms. The zero-order chi connectivity index (χ0) is 12.4. The van der Waals surface area contributed by atoms with Crippen molar-refractivity contribution in [1.29, 1.82) is 0 Å². The lowest BCUT2D eigenvalue weighted by Gasteiger charge is -2.15. The molecule has 0 unspecified atom stereocenters. The van der Waals surface area contributed by atoms with Crippen LogP contribution in [0.15, 0.2) is 18.2 Å². The fourth-order valence-electron chi connectivity index (χ4n) is 1.61. The van der Waals surface area contributed by atoms with E-state index in [1.54, 1.807) is 19.0 Å². The van der Waals surface area contributed by atoms with Crippen molar-refractivity contribution in [2.24, 2.45) is 0 Å². The van der Waals surface area contributed by atoms with Gasteiger partial charge in [0.25, 0.3) is 5.91 Å². The Kier molecular flexibility index (Phi) is 3.22. The topological polar surface area (TPSA) is 41.6 Å². The van der Waals surface area contributed by atoms with Gasteiger partial charge in [-0.3, -0.25) is 4.79 Å². The number of anilines is 1. The zero-order valence-electron chi connectivity index (χ0n) is 10.5. The summed E-state index contributed by atoms with van der Waals surface area (Å²) in [7, 11) is 5.30. The molecule has 1 fully saturated rings. The molecule has 1 amide bonds. The van der Waals surface area contributed by atoms with Crippen molar-refractivity contribution >= 4 is 11.6 Å². The van der Waals surface area contributed by atoms with Gasteiger partial charge in [0.05, 0.1) is 11.7 Å². The van der Waals surface area contributed by atoms with Crippen LogP contribution in [0.2, 0.25) is 0 Å². The Morgan fingerprint density at radius 2 is 2.12 bits per heavy atom. The summed E-state index contributed by atoms with van der Waals surface area (Å²) in [5, 5.41) is 3.02. The maximum Gasteiger partial charge on any atom is 0.255 e. The van der Waals surface area contributed by atoms with Gasteiger partial charge < -0.3 is 15.0 Å². The van der Waals surface area contributed by atoms with E-state index in [1.807, 2.05) is 25.2 Å². The molecule has 1 aliphatic carbocycles. The predicted octanol–water partition coefficient (Wildman–Crippen LogP) is 1.97. The Hall–Kier alpha value is -1.71. The number of amides is 1. The first-order valence-corrected chi connectivity index (χ1v) is 5.82. The third-order valence-electron chi connectivity index (χ3n) is 2.72. The molecular formula is C13H18N2O2. The highest BCUT2D eigenvalue weighted by Gasteiger charge is 2.24. The van der Waals surface area contributed by atoms with Crippen LogP contribution in [0.1, 0.15) is 23.2 Å². The van der Waals surface area contributed by atoms with Crippen LogP contribution < -0.4 is 10.1 Å². The van der Waals surface area contributed by atoms with Gasteiger partial charge in [-0.25, -0.2) is 0 Å². The largest absolute Gasteiger partial charge is 0.490 e. The highest BCUT2D eigenvalue weighted by Crippen LogP contribution is 2.29. The van der Waals surface area contributed by atoms with Gasteiger partial charge in [0.2, 0.25) is 0 Å². The molecule has 0 spiro atoms. The van der Waals surface area contributed by atoms with Crippen LogP contribution in [0.3, 0.4) is 0 Å². The smallest absolute Gasteiger partial charge is 0.255 e. The Bertz CT molecular complexity index is 425. The third-order valence-corrected chi connectivity index (χ3v) is 2.72. The first-order chi connectivity index (χ1) is 8.11. The Balaban J connectivity index is 2.27. The lowest BCUT2D eigenvalue weighted by atomic mass is 10.1. The summed E-state index contributed by atoms with van der Waals surface area (Å²) in [6.45, 7) is 0. The minimum Gasteiger partial charge on any atom is -0.490 e. The van der Waals surface area contributed by atoms with Crippen molar-refractivity contribution < 1.29 is 9.53 Å². The van der Waals surface area contributed by atoms with Crippen molar-refractivity contribution in [3.63, 3.8) is 0 Å². The molecule has 0 aromatic heterocycles. The number of rotatable bonds is 4. The molecule has 0 aliphatic heterocycles. The minimum absolute atomic E-state index is 0.0180. The summed E-state index contributed by atoms with van der Waals surface area (Å²) < 4.78 is 5.70. The van der Waals surface area contributed by atoms with E-state index in [2.05, 4.69) is 5.32 Å². The first-order valence-electron chi connectivity index (χ1n) is 5.82. The van der Waals surface area contributed by atoms with Gasteiger partial charge in [-0.1, -0.05) is 0 Å². The fourth-order valence-corrected chi connectivity index (χ4v) is 1.61. The quantitative estimate of drug-likeness (QED) is 0.866.